The summed E-state index contributed by atoms with van der Waals surface area (Å²) in [6, 6.07) is 7.66. The van der Waals surface area contributed by atoms with Crippen LogP contribution in [0.4, 0.5) is 0 Å². The van der Waals surface area contributed by atoms with E-state index in [0.29, 0.717) is 29.2 Å². The first kappa shape index (κ1) is 18.3. The monoisotopic (exact) mass is 374 g/mol. The minimum Gasteiger partial charge on any atom is -0.361 e. The number of sulfonamides is 1. The van der Waals surface area contributed by atoms with E-state index >= 15 is 0 Å². The van der Waals surface area contributed by atoms with Crippen LogP contribution in [0.15, 0.2) is 33.7 Å². The zero-order chi connectivity index (χ0) is 18.9. The van der Waals surface area contributed by atoms with Gasteiger partial charge in [0.15, 0.2) is 5.82 Å². The average molecular weight is 374 g/mol. The van der Waals surface area contributed by atoms with E-state index in [1.807, 2.05) is 38.1 Å². The van der Waals surface area contributed by atoms with Gasteiger partial charge in [0, 0.05) is 24.4 Å². The summed E-state index contributed by atoms with van der Waals surface area (Å²) in [5.41, 5.74) is 3.58. The SMILES string of the molecule is CCc1noc(-c2c(C)[nH]c(C)c2S(=O)(=O)NCc2ccccc2C)n1. The summed E-state index contributed by atoms with van der Waals surface area (Å²) in [7, 11) is -3.77. The maximum atomic E-state index is 13.0. The molecule has 0 spiro atoms. The smallest absolute Gasteiger partial charge is 0.261 e. The van der Waals surface area contributed by atoms with Crippen LogP contribution in [0.3, 0.4) is 0 Å². The summed E-state index contributed by atoms with van der Waals surface area (Å²) in [5.74, 6) is 0.745. The number of nitrogens with one attached hydrogen (secondary N) is 2. The number of H-pyrrole nitrogens is 1. The Kier molecular flexibility index (Phi) is 4.97. The number of benzene rings is 1. The van der Waals surface area contributed by atoms with E-state index in [1.54, 1.807) is 13.8 Å². The van der Waals surface area contributed by atoms with Gasteiger partial charge in [-0.25, -0.2) is 13.1 Å². The number of hydrogen-bond donors (Lipinski definition) is 2. The lowest BCUT2D eigenvalue weighted by Crippen LogP contribution is -2.24. The van der Waals surface area contributed by atoms with Crippen LogP contribution in [-0.2, 0) is 23.0 Å². The molecule has 2 N–H and O–H groups in total. The maximum Gasteiger partial charge on any atom is 0.261 e. The van der Waals surface area contributed by atoms with Gasteiger partial charge >= 0.3 is 0 Å². The first-order valence-electron chi connectivity index (χ1n) is 8.39. The molecule has 0 atom stereocenters. The van der Waals surface area contributed by atoms with Crippen molar-refractivity contribution in [3.8, 4) is 11.5 Å². The fourth-order valence-corrected chi connectivity index (χ4v) is 4.36. The molecular weight excluding hydrogens is 352 g/mol. The van der Waals surface area contributed by atoms with Crippen molar-refractivity contribution < 1.29 is 12.9 Å². The third kappa shape index (κ3) is 3.42. The van der Waals surface area contributed by atoms with Crippen LogP contribution in [0.2, 0.25) is 0 Å². The van der Waals surface area contributed by atoms with E-state index in [4.69, 9.17) is 4.52 Å². The van der Waals surface area contributed by atoms with Crippen LogP contribution in [0.1, 0.15) is 35.3 Å². The minimum absolute atomic E-state index is 0.148. The van der Waals surface area contributed by atoms with Crippen LogP contribution < -0.4 is 4.72 Å². The average Bonchev–Trinajstić information content (AvgIpc) is 3.18. The lowest BCUT2D eigenvalue weighted by atomic mass is 10.1. The fourth-order valence-electron chi connectivity index (χ4n) is 2.90. The van der Waals surface area contributed by atoms with Gasteiger partial charge in [-0.15, -0.1) is 0 Å². The molecule has 3 aromatic rings. The predicted molar refractivity (Wildman–Crippen MR) is 98.1 cm³/mol. The quantitative estimate of drug-likeness (QED) is 0.691. The molecule has 3 rings (SSSR count). The molecule has 0 aliphatic heterocycles. The Bertz CT molecular complexity index is 1030. The molecule has 138 valence electrons. The first-order valence-corrected chi connectivity index (χ1v) is 9.88. The number of aromatic nitrogens is 3. The van der Waals surface area contributed by atoms with Crippen molar-refractivity contribution in [2.45, 2.75) is 45.6 Å². The van der Waals surface area contributed by atoms with Gasteiger partial charge in [-0.1, -0.05) is 36.3 Å². The van der Waals surface area contributed by atoms with Gasteiger partial charge in [0.2, 0.25) is 10.0 Å². The first-order chi connectivity index (χ1) is 12.3. The van der Waals surface area contributed by atoms with Crippen molar-refractivity contribution in [1.29, 1.82) is 0 Å². The van der Waals surface area contributed by atoms with Gasteiger partial charge in [-0.2, -0.15) is 4.98 Å². The van der Waals surface area contributed by atoms with E-state index in [9.17, 15) is 8.42 Å². The van der Waals surface area contributed by atoms with Crippen molar-refractivity contribution in [2.24, 2.45) is 0 Å². The standard InChI is InChI=1S/C18H22N4O3S/c1-5-15-21-18(25-22-15)16-12(3)20-13(4)17(16)26(23,24)19-10-14-9-7-6-8-11(14)2/h6-9,19-20H,5,10H2,1-4H3. The number of rotatable bonds is 6. The van der Waals surface area contributed by atoms with Crippen LogP contribution >= 0.6 is 0 Å². The molecule has 0 aliphatic carbocycles. The summed E-state index contributed by atoms with van der Waals surface area (Å²) in [6.07, 6.45) is 0.611. The molecule has 2 aromatic heterocycles. The van der Waals surface area contributed by atoms with Gasteiger partial charge in [0.25, 0.3) is 5.89 Å². The summed E-state index contributed by atoms with van der Waals surface area (Å²) >= 11 is 0. The van der Waals surface area contributed by atoms with Crippen LogP contribution in [0, 0.1) is 20.8 Å². The van der Waals surface area contributed by atoms with Gasteiger partial charge in [0.05, 0.1) is 5.56 Å². The highest BCUT2D eigenvalue weighted by Crippen LogP contribution is 2.32. The second-order valence-electron chi connectivity index (χ2n) is 6.20. The largest absolute Gasteiger partial charge is 0.361 e. The summed E-state index contributed by atoms with van der Waals surface area (Å²) in [5, 5.41) is 3.87. The topological polar surface area (TPSA) is 101 Å². The Morgan fingerprint density at radius 2 is 1.88 bits per heavy atom. The normalized spacial score (nSPS) is 11.8. The van der Waals surface area contributed by atoms with E-state index in [-0.39, 0.29) is 17.3 Å². The lowest BCUT2D eigenvalue weighted by molar-refractivity contribution is 0.422. The second-order valence-corrected chi connectivity index (χ2v) is 7.90. The van der Waals surface area contributed by atoms with Gasteiger partial charge in [-0.05, 0) is 31.9 Å². The van der Waals surface area contributed by atoms with Crippen LogP contribution in [-0.4, -0.2) is 23.5 Å². The third-order valence-electron chi connectivity index (χ3n) is 4.30. The Morgan fingerprint density at radius 1 is 1.15 bits per heavy atom. The predicted octanol–water partition coefficient (Wildman–Crippen LogP) is 3.03. The van der Waals surface area contributed by atoms with Gasteiger partial charge in [-0.3, -0.25) is 0 Å². The van der Waals surface area contributed by atoms with Crippen molar-refractivity contribution >= 4 is 10.0 Å². The molecule has 0 aliphatic rings. The van der Waals surface area contributed by atoms with Crippen molar-refractivity contribution in [3.05, 3.63) is 52.6 Å². The lowest BCUT2D eigenvalue weighted by Gasteiger charge is -2.10. The molecule has 0 unspecified atom stereocenters. The molecule has 0 fully saturated rings. The summed E-state index contributed by atoms with van der Waals surface area (Å²) < 4.78 is 34.0. The molecule has 8 heteroatoms. The Balaban J connectivity index is 1.98. The van der Waals surface area contributed by atoms with E-state index in [1.165, 1.54) is 0 Å². The Labute approximate surface area is 152 Å². The number of hydrogen-bond acceptors (Lipinski definition) is 5. The minimum atomic E-state index is -3.77. The van der Waals surface area contributed by atoms with Gasteiger partial charge < -0.3 is 9.51 Å². The molecule has 0 saturated heterocycles. The molecule has 7 nitrogen and oxygen atoms in total. The van der Waals surface area contributed by atoms with E-state index in [2.05, 4.69) is 19.8 Å². The second kappa shape index (κ2) is 7.05. The molecule has 0 radical (unpaired) electrons. The number of nitrogens with zero attached hydrogens (tertiary/aromatic N) is 2. The van der Waals surface area contributed by atoms with E-state index in [0.717, 1.165) is 11.1 Å². The number of aromatic amines is 1. The highest BCUT2D eigenvalue weighted by molar-refractivity contribution is 7.89. The van der Waals surface area contributed by atoms with Crippen molar-refractivity contribution in [2.75, 3.05) is 0 Å². The van der Waals surface area contributed by atoms with Crippen LogP contribution in [0.25, 0.3) is 11.5 Å². The molecule has 1 aromatic carbocycles. The molecule has 26 heavy (non-hydrogen) atoms. The number of aryl methyl sites for hydroxylation is 4. The Morgan fingerprint density at radius 3 is 2.54 bits per heavy atom. The molecule has 0 saturated carbocycles. The Hall–Kier alpha value is -2.45. The molecule has 0 bridgehead atoms. The molecule has 2 heterocycles. The third-order valence-corrected chi connectivity index (χ3v) is 5.87. The van der Waals surface area contributed by atoms with Crippen LogP contribution in [0.5, 0.6) is 0 Å². The van der Waals surface area contributed by atoms with E-state index < -0.39 is 10.0 Å². The summed E-state index contributed by atoms with van der Waals surface area (Å²) in [4.78, 5) is 7.51. The molecular formula is C18H22N4O3S. The maximum absolute atomic E-state index is 13.0. The van der Waals surface area contributed by atoms with Crippen molar-refractivity contribution in [1.82, 2.24) is 19.8 Å². The fraction of sp³-hybridized carbons (Fsp3) is 0.333. The summed E-state index contributed by atoms with van der Waals surface area (Å²) in [6.45, 7) is 7.58. The molecule has 0 amide bonds. The highest BCUT2D eigenvalue weighted by Gasteiger charge is 2.29. The van der Waals surface area contributed by atoms with Crippen molar-refractivity contribution in [3.63, 3.8) is 0 Å². The zero-order valence-electron chi connectivity index (χ0n) is 15.3. The highest BCUT2D eigenvalue weighted by atomic mass is 32.2. The zero-order valence-corrected chi connectivity index (χ0v) is 16.1. The van der Waals surface area contributed by atoms with Gasteiger partial charge in [0.1, 0.15) is 4.90 Å².